The third-order valence-electron chi connectivity index (χ3n) is 4.32. The molecule has 4 rings (SSSR count). The Morgan fingerprint density at radius 3 is 2.31 bits per heavy atom. The molecule has 0 aliphatic carbocycles. The number of rotatable bonds is 3. The second kappa shape index (κ2) is 6.37. The monoisotopic (exact) mass is 346 g/mol. The molecule has 5 heteroatoms. The van der Waals surface area contributed by atoms with Crippen molar-refractivity contribution < 1.29 is 14.7 Å². The molecule has 0 bridgehead atoms. The number of nitrogens with zero attached hydrogens (tertiary/aromatic N) is 2. The summed E-state index contributed by atoms with van der Waals surface area (Å²) in [7, 11) is 0. The first-order chi connectivity index (χ1) is 12.7. The molecule has 1 aromatic heterocycles. The third kappa shape index (κ3) is 2.50. The molecule has 0 aliphatic rings. The zero-order chi connectivity index (χ0) is 18.1. The first kappa shape index (κ1) is 15.9. The number of hydrogen-bond donors (Lipinski definition) is 2. The van der Waals surface area contributed by atoms with Crippen molar-refractivity contribution in [1.82, 2.24) is 4.57 Å². The Morgan fingerprint density at radius 1 is 0.885 bits per heavy atom. The van der Waals surface area contributed by atoms with Crippen molar-refractivity contribution in [3.63, 3.8) is 0 Å². The van der Waals surface area contributed by atoms with Crippen molar-refractivity contribution in [1.29, 1.82) is 0 Å². The molecule has 1 heterocycles. The van der Waals surface area contributed by atoms with Crippen molar-refractivity contribution >= 4 is 17.1 Å². The molecule has 0 aliphatic heterocycles. The minimum absolute atomic E-state index is 0.148. The van der Waals surface area contributed by atoms with Crippen LogP contribution in [0.2, 0.25) is 0 Å². The maximum atomic E-state index is 14.7. The average molecular weight is 346 g/mol. The highest BCUT2D eigenvalue weighted by Crippen LogP contribution is 2.37. The summed E-state index contributed by atoms with van der Waals surface area (Å²) in [6, 6.07) is 21.0. The standard InChI is InChI=1S/C21H15FN2O2/c22-18-7-4-8-19-20(18)17(13-23-26)21(14-5-2-1-3-6-14)24(19)15-9-11-16(25)12-10-15/h1-13,25-26H/b23-13+. The Kier molecular flexibility index (Phi) is 3.89. The van der Waals surface area contributed by atoms with E-state index in [2.05, 4.69) is 5.16 Å². The van der Waals surface area contributed by atoms with Crippen LogP contribution < -0.4 is 0 Å². The number of aromatic hydroxyl groups is 1. The van der Waals surface area contributed by atoms with E-state index in [1.807, 2.05) is 41.0 Å². The van der Waals surface area contributed by atoms with Crippen molar-refractivity contribution in [2.45, 2.75) is 0 Å². The minimum atomic E-state index is -0.396. The Morgan fingerprint density at radius 2 is 1.62 bits per heavy atom. The second-order valence-electron chi connectivity index (χ2n) is 5.86. The number of phenols is 1. The molecule has 0 amide bonds. The van der Waals surface area contributed by atoms with E-state index >= 15 is 0 Å². The summed E-state index contributed by atoms with van der Waals surface area (Å²) in [5, 5.41) is 22.3. The fourth-order valence-corrected chi connectivity index (χ4v) is 3.26. The van der Waals surface area contributed by atoms with Crippen LogP contribution in [0.5, 0.6) is 5.75 Å². The quantitative estimate of drug-likeness (QED) is 0.313. The fraction of sp³-hybridized carbons (Fsp3) is 0. The van der Waals surface area contributed by atoms with Crippen LogP contribution in [0, 0.1) is 5.82 Å². The van der Waals surface area contributed by atoms with E-state index in [4.69, 9.17) is 5.21 Å². The molecular weight excluding hydrogens is 331 g/mol. The van der Waals surface area contributed by atoms with Gasteiger partial charge in [0.05, 0.1) is 17.4 Å². The zero-order valence-electron chi connectivity index (χ0n) is 13.7. The summed E-state index contributed by atoms with van der Waals surface area (Å²) in [5.74, 6) is -0.248. The maximum Gasteiger partial charge on any atom is 0.133 e. The van der Waals surface area contributed by atoms with Crippen LogP contribution in [0.1, 0.15) is 5.56 Å². The number of oxime groups is 1. The third-order valence-corrected chi connectivity index (χ3v) is 4.32. The molecule has 3 aromatic carbocycles. The number of phenolic OH excluding ortho intramolecular Hbond substituents is 1. The summed E-state index contributed by atoms with van der Waals surface area (Å²) < 4.78 is 16.6. The second-order valence-corrected chi connectivity index (χ2v) is 5.86. The minimum Gasteiger partial charge on any atom is -0.508 e. The van der Waals surface area contributed by atoms with E-state index in [0.717, 1.165) is 11.3 Å². The van der Waals surface area contributed by atoms with Gasteiger partial charge in [-0.2, -0.15) is 0 Å². The molecule has 0 saturated heterocycles. The first-order valence-electron chi connectivity index (χ1n) is 8.06. The van der Waals surface area contributed by atoms with Gasteiger partial charge < -0.3 is 14.9 Å². The van der Waals surface area contributed by atoms with Gasteiger partial charge in [-0.3, -0.25) is 0 Å². The molecule has 2 N–H and O–H groups in total. The SMILES string of the molecule is O/N=C/c1c(-c2ccccc2)n(-c2ccc(O)cc2)c2cccc(F)c12. The highest BCUT2D eigenvalue weighted by Gasteiger charge is 2.21. The molecule has 26 heavy (non-hydrogen) atoms. The van der Waals surface area contributed by atoms with Crippen LogP contribution in [0.25, 0.3) is 27.8 Å². The van der Waals surface area contributed by atoms with E-state index in [-0.39, 0.29) is 5.75 Å². The van der Waals surface area contributed by atoms with Crippen LogP contribution >= 0.6 is 0 Å². The number of aromatic nitrogens is 1. The Bertz CT molecular complexity index is 1100. The van der Waals surface area contributed by atoms with Gasteiger partial charge in [0.25, 0.3) is 0 Å². The average Bonchev–Trinajstić information content (AvgIpc) is 2.99. The smallest absolute Gasteiger partial charge is 0.133 e. The summed E-state index contributed by atoms with van der Waals surface area (Å²) in [6.07, 6.45) is 1.25. The van der Waals surface area contributed by atoms with Gasteiger partial charge in [0, 0.05) is 16.6 Å². The molecule has 0 spiro atoms. The summed E-state index contributed by atoms with van der Waals surface area (Å²) in [6.45, 7) is 0. The van der Waals surface area contributed by atoms with Gasteiger partial charge in [-0.1, -0.05) is 41.6 Å². The lowest BCUT2D eigenvalue weighted by molar-refractivity contribution is 0.322. The molecule has 0 fully saturated rings. The molecule has 0 radical (unpaired) electrons. The number of halogens is 1. The maximum absolute atomic E-state index is 14.7. The molecule has 0 saturated carbocycles. The number of benzene rings is 3. The fourth-order valence-electron chi connectivity index (χ4n) is 3.26. The van der Waals surface area contributed by atoms with Crippen molar-refractivity contribution in [2.24, 2.45) is 5.16 Å². The van der Waals surface area contributed by atoms with Gasteiger partial charge in [-0.15, -0.1) is 0 Å². The topological polar surface area (TPSA) is 57.8 Å². The summed E-state index contributed by atoms with van der Waals surface area (Å²) in [4.78, 5) is 0. The lowest BCUT2D eigenvalue weighted by Crippen LogP contribution is -1.98. The van der Waals surface area contributed by atoms with Crippen molar-refractivity contribution in [2.75, 3.05) is 0 Å². The summed E-state index contributed by atoms with van der Waals surface area (Å²) >= 11 is 0. The lowest BCUT2D eigenvalue weighted by atomic mass is 10.1. The molecular formula is C21H15FN2O2. The van der Waals surface area contributed by atoms with E-state index in [0.29, 0.717) is 22.2 Å². The molecule has 4 nitrogen and oxygen atoms in total. The highest BCUT2D eigenvalue weighted by atomic mass is 19.1. The molecule has 4 aromatic rings. The van der Waals surface area contributed by atoms with Crippen LogP contribution in [-0.4, -0.2) is 21.1 Å². The predicted molar refractivity (Wildman–Crippen MR) is 99.7 cm³/mol. The van der Waals surface area contributed by atoms with Crippen LogP contribution in [0.15, 0.2) is 78.0 Å². The summed E-state index contributed by atoms with van der Waals surface area (Å²) in [5.41, 5.74) is 3.44. The van der Waals surface area contributed by atoms with Gasteiger partial charge in [0.1, 0.15) is 11.6 Å². The van der Waals surface area contributed by atoms with Crippen LogP contribution in [0.4, 0.5) is 4.39 Å². The highest BCUT2D eigenvalue weighted by molar-refractivity contribution is 6.07. The Hall–Kier alpha value is -3.60. The van der Waals surface area contributed by atoms with Gasteiger partial charge in [-0.25, -0.2) is 4.39 Å². The van der Waals surface area contributed by atoms with Crippen molar-refractivity contribution in [3.05, 3.63) is 84.2 Å². The molecule has 0 atom stereocenters. The molecule has 0 unspecified atom stereocenters. The number of fused-ring (bicyclic) bond motifs is 1. The van der Waals surface area contributed by atoms with Gasteiger partial charge in [-0.05, 0) is 42.0 Å². The Labute approximate surface area is 149 Å². The van der Waals surface area contributed by atoms with E-state index < -0.39 is 5.82 Å². The van der Waals surface area contributed by atoms with Gasteiger partial charge in [0.2, 0.25) is 0 Å². The normalized spacial score (nSPS) is 11.4. The lowest BCUT2D eigenvalue weighted by Gasteiger charge is -2.12. The molecule has 128 valence electrons. The van der Waals surface area contributed by atoms with E-state index in [1.54, 1.807) is 30.3 Å². The van der Waals surface area contributed by atoms with E-state index in [1.165, 1.54) is 12.3 Å². The number of hydrogen-bond acceptors (Lipinski definition) is 3. The van der Waals surface area contributed by atoms with Crippen LogP contribution in [0.3, 0.4) is 0 Å². The van der Waals surface area contributed by atoms with Gasteiger partial charge in [0.15, 0.2) is 0 Å². The first-order valence-corrected chi connectivity index (χ1v) is 8.06. The zero-order valence-corrected chi connectivity index (χ0v) is 13.7. The van der Waals surface area contributed by atoms with Crippen LogP contribution in [-0.2, 0) is 0 Å². The van der Waals surface area contributed by atoms with Gasteiger partial charge >= 0.3 is 0 Å². The van der Waals surface area contributed by atoms with E-state index in [9.17, 15) is 9.50 Å². The van der Waals surface area contributed by atoms with Crippen molar-refractivity contribution in [3.8, 4) is 22.7 Å². The predicted octanol–water partition coefficient (Wildman–Crippen LogP) is 4.95. The Balaban J connectivity index is 2.18. The largest absolute Gasteiger partial charge is 0.508 e.